The Bertz CT molecular complexity index is 363. The zero-order valence-corrected chi connectivity index (χ0v) is 11.0. The van der Waals surface area contributed by atoms with Crippen molar-refractivity contribution in [3.05, 3.63) is 18.0 Å². The largest absolute Gasteiger partial charge is 0.393 e. The Hall–Kier alpha value is -1.56. The molecule has 0 aromatic carbocycles. The van der Waals surface area contributed by atoms with E-state index in [-0.39, 0.29) is 12.1 Å². The molecule has 1 heterocycles. The van der Waals surface area contributed by atoms with E-state index in [4.69, 9.17) is 5.11 Å². The van der Waals surface area contributed by atoms with Crippen LogP contribution in [0.2, 0.25) is 0 Å². The van der Waals surface area contributed by atoms with E-state index in [9.17, 15) is 4.79 Å². The van der Waals surface area contributed by atoms with Gasteiger partial charge in [-0.15, -0.1) is 0 Å². The number of amides is 2. The van der Waals surface area contributed by atoms with Crippen LogP contribution in [0.3, 0.4) is 0 Å². The quantitative estimate of drug-likeness (QED) is 0.617. The molecule has 1 aromatic rings. The van der Waals surface area contributed by atoms with Crippen LogP contribution in [0, 0.1) is 0 Å². The van der Waals surface area contributed by atoms with Crippen molar-refractivity contribution in [3.63, 3.8) is 0 Å². The Kier molecular flexibility index (Phi) is 6.21. The SMILES string of the molecule is CC(O)CCNC(=O)NCCCc1cnn(C)c1. The highest BCUT2D eigenvalue weighted by molar-refractivity contribution is 5.73. The number of carbonyl (C=O) groups is 1. The number of hydrogen-bond acceptors (Lipinski definition) is 3. The highest BCUT2D eigenvalue weighted by Crippen LogP contribution is 1.99. The molecule has 1 aromatic heterocycles. The molecule has 0 aliphatic heterocycles. The molecule has 102 valence electrons. The van der Waals surface area contributed by atoms with Crippen molar-refractivity contribution in [1.29, 1.82) is 0 Å². The molecule has 18 heavy (non-hydrogen) atoms. The molecule has 0 saturated carbocycles. The summed E-state index contributed by atoms with van der Waals surface area (Å²) in [6, 6.07) is -0.179. The van der Waals surface area contributed by atoms with Crippen LogP contribution in [0.15, 0.2) is 12.4 Å². The van der Waals surface area contributed by atoms with Gasteiger partial charge in [-0.1, -0.05) is 0 Å². The van der Waals surface area contributed by atoms with Crippen LogP contribution in [0.25, 0.3) is 0 Å². The monoisotopic (exact) mass is 254 g/mol. The van der Waals surface area contributed by atoms with Gasteiger partial charge in [-0.2, -0.15) is 5.10 Å². The molecule has 2 amide bonds. The Balaban J connectivity index is 2.02. The number of carbonyl (C=O) groups excluding carboxylic acids is 1. The van der Waals surface area contributed by atoms with Gasteiger partial charge in [-0.25, -0.2) is 4.79 Å². The second kappa shape index (κ2) is 7.71. The predicted octanol–water partition coefficient (Wildman–Crippen LogP) is 0.423. The number of aliphatic hydroxyl groups excluding tert-OH is 1. The lowest BCUT2D eigenvalue weighted by molar-refractivity contribution is 0.183. The summed E-state index contributed by atoms with van der Waals surface area (Å²) in [5.74, 6) is 0. The van der Waals surface area contributed by atoms with Gasteiger partial charge >= 0.3 is 6.03 Å². The van der Waals surface area contributed by atoms with Gasteiger partial charge in [-0.05, 0) is 31.7 Å². The first kappa shape index (κ1) is 14.5. The van der Waals surface area contributed by atoms with Crippen molar-refractivity contribution >= 4 is 6.03 Å². The standard InChI is InChI=1S/C12H22N4O2/c1-10(17)5-7-14-12(18)13-6-3-4-11-8-15-16(2)9-11/h8-10,17H,3-7H2,1-2H3,(H2,13,14,18). The van der Waals surface area contributed by atoms with Crippen LogP contribution in [0.4, 0.5) is 4.79 Å². The minimum absolute atomic E-state index is 0.179. The average Bonchev–Trinajstić information content (AvgIpc) is 2.70. The fourth-order valence-corrected chi connectivity index (χ4v) is 1.55. The topological polar surface area (TPSA) is 79.2 Å². The fraction of sp³-hybridized carbons (Fsp3) is 0.667. The van der Waals surface area contributed by atoms with Gasteiger partial charge in [0.2, 0.25) is 0 Å². The van der Waals surface area contributed by atoms with E-state index in [1.54, 1.807) is 11.6 Å². The summed E-state index contributed by atoms with van der Waals surface area (Å²) in [5.41, 5.74) is 1.17. The number of urea groups is 1. The van der Waals surface area contributed by atoms with Crippen molar-refractivity contribution < 1.29 is 9.90 Å². The molecule has 1 rings (SSSR count). The van der Waals surface area contributed by atoms with Crippen molar-refractivity contribution in [2.24, 2.45) is 7.05 Å². The van der Waals surface area contributed by atoms with Crippen LogP contribution in [-0.2, 0) is 13.5 Å². The molecule has 3 N–H and O–H groups in total. The lowest BCUT2D eigenvalue weighted by Crippen LogP contribution is -2.37. The first-order valence-corrected chi connectivity index (χ1v) is 6.25. The zero-order valence-electron chi connectivity index (χ0n) is 11.0. The lowest BCUT2D eigenvalue weighted by Gasteiger charge is -2.08. The van der Waals surface area contributed by atoms with E-state index in [0.29, 0.717) is 19.5 Å². The van der Waals surface area contributed by atoms with Crippen LogP contribution < -0.4 is 10.6 Å². The van der Waals surface area contributed by atoms with E-state index in [1.165, 1.54) is 5.56 Å². The fourth-order valence-electron chi connectivity index (χ4n) is 1.55. The van der Waals surface area contributed by atoms with Crippen molar-refractivity contribution in [2.75, 3.05) is 13.1 Å². The first-order chi connectivity index (χ1) is 8.58. The van der Waals surface area contributed by atoms with Gasteiger partial charge in [0.25, 0.3) is 0 Å². The van der Waals surface area contributed by atoms with Gasteiger partial charge in [-0.3, -0.25) is 4.68 Å². The van der Waals surface area contributed by atoms with Crippen LogP contribution in [0.5, 0.6) is 0 Å². The van der Waals surface area contributed by atoms with Gasteiger partial charge < -0.3 is 15.7 Å². The van der Waals surface area contributed by atoms with E-state index in [2.05, 4.69) is 15.7 Å². The Morgan fingerprint density at radius 1 is 1.50 bits per heavy atom. The molecule has 1 atom stereocenters. The Morgan fingerprint density at radius 3 is 2.83 bits per heavy atom. The summed E-state index contributed by atoms with van der Waals surface area (Å²) in [5, 5.41) is 18.6. The van der Waals surface area contributed by atoms with Gasteiger partial charge in [0.05, 0.1) is 12.3 Å². The third-order valence-electron chi connectivity index (χ3n) is 2.53. The molecule has 0 spiro atoms. The molecule has 0 aliphatic rings. The van der Waals surface area contributed by atoms with E-state index < -0.39 is 0 Å². The third-order valence-corrected chi connectivity index (χ3v) is 2.53. The summed E-state index contributed by atoms with van der Waals surface area (Å²) in [7, 11) is 1.89. The molecular formula is C12H22N4O2. The van der Waals surface area contributed by atoms with Gasteiger partial charge in [0, 0.05) is 26.3 Å². The molecule has 0 saturated heterocycles. The lowest BCUT2D eigenvalue weighted by atomic mass is 10.2. The maximum Gasteiger partial charge on any atom is 0.314 e. The second-order valence-corrected chi connectivity index (χ2v) is 4.45. The van der Waals surface area contributed by atoms with Crippen molar-refractivity contribution in [3.8, 4) is 0 Å². The summed E-state index contributed by atoms with van der Waals surface area (Å²) in [6.07, 6.45) is 5.79. The van der Waals surface area contributed by atoms with Gasteiger partial charge in [0.1, 0.15) is 0 Å². The molecule has 6 nitrogen and oxygen atoms in total. The summed E-state index contributed by atoms with van der Waals surface area (Å²) < 4.78 is 1.77. The smallest absolute Gasteiger partial charge is 0.314 e. The number of rotatable bonds is 7. The molecule has 0 aliphatic carbocycles. The third kappa shape index (κ3) is 6.24. The number of hydrogen-bond donors (Lipinski definition) is 3. The number of nitrogens with one attached hydrogen (secondary N) is 2. The van der Waals surface area contributed by atoms with Crippen molar-refractivity contribution in [1.82, 2.24) is 20.4 Å². The van der Waals surface area contributed by atoms with Crippen LogP contribution in [0.1, 0.15) is 25.3 Å². The molecule has 6 heteroatoms. The van der Waals surface area contributed by atoms with Gasteiger partial charge in [0.15, 0.2) is 0 Å². The maximum absolute atomic E-state index is 11.3. The summed E-state index contributed by atoms with van der Waals surface area (Å²) in [4.78, 5) is 11.3. The number of aliphatic hydroxyl groups is 1. The summed E-state index contributed by atoms with van der Waals surface area (Å²) >= 11 is 0. The van der Waals surface area contributed by atoms with Crippen LogP contribution in [-0.4, -0.2) is 40.1 Å². The maximum atomic E-state index is 11.3. The zero-order chi connectivity index (χ0) is 13.4. The van der Waals surface area contributed by atoms with E-state index in [0.717, 1.165) is 12.8 Å². The number of aromatic nitrogens is 2. The normalized spacial score (nSPS) is 12.2. The summed E-state index contributed by atoms with van der Waals surface area (Å²) in [6.45, 7) is 2.83. The van der Waals surface area contributed by atoms with E-state index >= 15 is 0 Å². The predicted molar refractivity (Wildman–Crippen MR) is 69.2 cm³/mol. The first-order valence-electron chi connectivity index (χ1n) is 6.25. The molecule has 0 bridgehead atoms. The minimum Gasteiger partial charge on any atom is -0.393 e. The molecule has 0 radical (unpaired) electrons. The number of nitrogens with zero attached hydrogens (tertiary/aromatic N) is 2. The number of aryl methyl sites for hydroxylation is 2. The highest BCUT2D eigenvalue weighted by atomic mass is 16.3. The molecule has 1 unspecified atom stereocenters. The second-order valence-electron chi connectivity index (χ2n) is 4.45. The highest BCUT2D eigenvalue weighted by Gasteiger charge is 2.01. The Morgan fingerprint density at radius 2 is 2.22 bits per heavy atom. The minimum atomic E-state index is -0.379. The van der Waals surface area contributed by atoms with Crippen molar-refractivity contribution in [2.45, 2.75) is 32.3 Å². The Labute approximate surface area is 107 Å². The molecular weight excluding hydrogens is 232 g/mol. The average molecular weight is 254 g/mol. The van der Waals surface area contributed by atoms with Crippen LogP contribution >= 0.6 is 0 Å². The molecule has 0 fully saturated rings. The van der Waals surface area contributed by atoms with E-state index in [1.807, 2.05) is 19.4 Å².